The molecule has 1 aromatic carbocycles. The largest absolute Gasteiger partial charge is 0.384 e. The molecule has 0 unspecified atom stereocenters. The van der Waals surface area contributed by atoms with Crippen molar-refractivity contribution < 1.29 is 0 Å². The van der Waals surface area contributed by atoms with Crippen molar-refractivity contribution in [1.29, 1.82) is 0 Å². The number of hydrogen-bond acceptors (Lipinski definition) is 3. The number of rotatable bonds is 1. The summed E-state index contributed by atoms with van der Waals surface area (Å²) in [4.78, 5) is 8.50. The van der Waals surface area contributed by atoms with E-state index in [1.165, 1.54) is 0 Å². The van der Waals surface area contributed by atoms with Gasteiger partial charge in [0.15, 0.2) is 5.65 Å². The first-order valence-corrected chi connectivity index (χ1v) is 5.41. The maximum Gasteiger partial charge on any atom is 0.161 e. The molecule has 2 N–H and O–H groups in total. The summed E-state index contributed by atoms with van der Waals surface area (Å²) in [6.45, 7) is 0. The van der Waals surface area contributed by atoms with Crippen molar-refractivity contribution in [2.75, 3.05) is 5.73 Å². The first kappa shape index (κ1) is 9.78. The molecule has 0 radical (unpaired) electrons. The van der Waals surface area contributed by atoms with E-state index in [4.69, 9.17) is 5.73 Å². The number of hydrogen-bond donors (Lipinski definition) is 1. The van der Waals surface area contributed by atoms with Crippen LogP contribution in [0, 0.1) is 0 Å². The fraction of sp³-hybridized carbons (Fsp3) is 0. The molecule has 0 bridgehead atoms. The van der Waals surface area contributed by atoms with Crippen LogP contribution in [0.4, 0.5) is 5.82 Å². The Labute approximate surface area is 98.9 Å². The molecule has 0 aliphatic heterocycles. The molecule has 0 amide bonds. The van der Waals surface area contributed by atoms with E-state index in [1.807, 2.05) is 30.5 Å². The third kappa shape index (κ3) is 1.83. The van der Waals surface area contributed by atoms with Gasteiger partial charge >= 0.3 is 0 Å². The molecule has 0 saturated heterocycles. The van der Waals surface area contributed by atoms with Crippen molar-refractivity contribution >= 4 is 16.9 Å². The molecule has 17 heavy (non-hydrogen) atoms. The molecule has 0 fully saturated rings. The molecule has 3 rings (SSSR count). The number of anilines is 1. The second-order valence-corrected chi connectivity index (χ2v) is 3.87. The quantitative estimate of drug-likeness (QED) is 0.687. The van der Waals surface area contributed by atoms with Crippen LogP contribution < -0.4 is 5.73 Å². The molecular formula is C14H11N3. The third-order valence-electron chi connectivity index (χ3n) is 2.67. The minimum absolute atomic E-state index is 0.498. The van der Waals surface area contributed by atoms with Gasteiger partial charge in [-0.1, -0.05) is 30.3 Å². The SMILES string of the molecule is Nc1ccc2cc(-c3ccccc3)cnc2n1. The van der Waals surface area contributed by atoms with E-state index in [0.29, 0.717) is 11.5 Å². The topological polar surface area (TPSA) is 51.8 Å². The fourth-order valence-electron chi connectivity index (χ4n) is 1.81. The Morgan fingerprint density at radius 2 is 1.71 bits per heavy atom. The second-order valence-electron chi connectivity index (χ2n) is 3.87. The van der Waals surface area contributed by atoms with Gasteiger partial charge in [-0.15, -0.1) is 0 Å². The van der Waals surface area contributed by atoms with E-state index in [9.17, 15) is 0 Å². The Hall–Kier alpha value is -2.42. The van der Waals surface area contributed by atoms with Gasteiger partial charge in [-0.05, 0) is 23.8 Å². The molecule has 2 aromatic heterocycles. The van der Waals surface area contributed by atoms with Crippen LogP contribution in [0.3, 0.4) is 0 Å². The normalized spacial score (nSPS) is 10.6. The Bertz CT molecular complexity index is 663. The number of nitrogens with zero attached hydrogens (tertiary/aromatic N) is 2. The maximum atomic E-state index is 5.62. The average Bonchev–Trinajstić information content (AvgIpc) is 2.39. The Morgan fingerprint density at radius 3 is 2.53 bits per heavy atom. The van der Waals surface area contributed by atoms with E-state index in [-0.39, 0.29) is 0 Å². The van der Waals surface area contributed by atoms with Crippen LogP contribution in [0.25, 0.3) is 22.2 Å². The number of fused-ring (bicyclic) bond motifs is 1. The standard InChI is InChI=1S/C14H11N3/c15-13-7-6-11-8-12(9-16-14(11)17-13)10-4-2-1-3-5-10/h1-9H,(H2,15,16,17). The third-order valence-corrected chi connectivity index (χ3v) is 2.67. The van der Waals surface area contributed by atoms with Crippen molar-refractivity contribution in [2.45, 2.75) is 0 Å². The highest BCUT2D eigenvalue weighted by Gasteiger charge is 2.01. The average molecular weight is 221 g/mol. The molecule has 0 aliphatic carbocycles. The van der Waals surface area contributed by atoms with E-state index in [2.05, 4.69) is 28.2 Å². The van der Waals surface area contributed by atoms with Gasteiger partial charge in [0.25, 0.3) is 0 Å². The zero-order chi connectivity index (χ0) is 11.7. The summed E-state index contributed by atoms with van der Waals surface area (Å²) in [5.41, 5.74) is 8.55. The van der Waals surface area contributed by atoms with E-state index < -0.39 is 0 Å². The molecule has 3 nitrogen and oxygen atoms in total. The van der Waals surface area contributed by atoms with Crippen LogP contribution in [0.15, 0.2) is 54.7 Å². The number of benzene rings is 1. The molecular weight excluding hydrogens is 210 g/mol. The van der Waals surface area contributed by atoms with E-state index >= 15 is 0 Å². The minimum atomic E-state index is 0.498. The number of nitrogens with two attached hydrogens (primary N) is 1. The summed E-state index contributed by atoms with van der Waals surface area (Å²) < 4.78 is 0. The van der Waals surface area contributed by atoms with Gasteiger partial charge in [0.05, 0.1) is 0 Å². The summed E-state index contributed by atoms with van der Waals surface area (Å²) in [6.07, 6.45) is 1.82. The minimum Gasteiger partial charge on any atom is -0.384 e. The van der Waals surface area contributed by atoms with E-state index in [0.717, 1.165) is 16.5 Å². The predicted octanol–water partition coefficient (Wildman–Crippen LogP) is 2.88. The molecule has 0 aliphatic rings. The molecule has 0 atom stereocenters. The number of nitrogen functional groups attached to an aromatic ring is 1. The molecule has 0 spiro atoms. The lowest BCUT2D eigenvalue weighted by atomic mass is 10.1. The van der Waals surface area contributed by atoms with Crippen molar-refractivity contribution in [2.24, 2.45) is 0 Å². The van der Waals surface area contributed by atoms with Crippen molar-refractivity contribution in [1.82, 2.24) is 9.97 Å². The Morgan fingerprint density at radius 1 is 0.882 bits per heavy atom. The predicted molar refractivity (Wildman–Crippen MR) is 69.4 cm³/mol. The van der Waals surface area contributed by atoms with Gasteiger partial charge < -0.3 is 5.73 Å². The zero-order valence-corrected chi connectivity index (χ0v) is 9.17. The summed E-state index contributed by atoms with van der Waals surface area (Å²) in [5, 5.41) is 1.00. The van der Waals surface area contributed by atoms with Crippen LogP contribution in [-0.4, -0.2) is 9.97 Å². The molecule has 3 aromatic rings. The highest BCUT2D eigenvalue weighted by atomic mass is 14.9. The van der Waals surface area contributed by atoms with E-state index in [1.54, 1.807) is 6.07 Å². The molecule has 3 heteroatoms. The van der Waals surface area contributed by atoms with Gasteiger partial charge in [-0.25, -0.2) is 9.97 Å². The lowest BCUT2D eigenvalue weighted by Crippen LogP contribution is -1.92. The van der Waals surface area contributed by atoms with Gasteiger partial charge in [0.2, 0.25) is 0 Å². The van der Waals surface area contributed by atoms with Crippen LogP contribution in [-0.2, 0) is 0 Å². The van der Waals surface area contributed by atoms with Crippen molar-refractivity contribution in [3.8, 4) is 11.1 Å². The van der Waals surface area contributed by atoms with Gasteiger partial charge in [-0.3, -0.25) is 0 Å². The van der Waals surface area contributed by atoms with Crippen molar-refractivity contribution in [3.05, 3.63) is 54.7 Å². The maximum absolute atomic E-state index is 5.62. The highest BCUT2D eigenvalue weighted by molar-refractivity contribution is 5.81. The van der Waals surface area contributed by atoms with Crippen LogP contribution >= 0.6 is 0 Å². The Kier molecular flexibility index (Phi) is 2.22. The number of pyridine rings is 2. The van der Waals surface area contributed by atoms with Crippen LogP contribution in [0.5, 0.6) is 0 Å². The monoisotopic (exact) mass is 221 g/mol. The molecule has 0 saturated carbocycles. The van der Waals surface area contributed by atoms with Crippen LogP contribution in [0.2, 0.25) is 0 Å². The number of aromatic nitrogens is 2. The van der Waals surface area contributed by atoms with Crippen LogP contribution in [0.1, 0.15) is 0 Å². The molecule has 82 valence electrons. The van der Waals surface area contributed by atoms with Gasteiger partial charge in [-0.2, -0.15) is 0 Å². The Balaban J connectivity index is 2.17. The van der Waals surface area contributed by atoms with Gasteiger partial charge in [0, 0.05) is 17.1 Å². The summed E-state index contributed by atoms with van der Waals surface area (Å²) in [6, 6.07) is 16.0. The lowest BCUT2D eigenvalue weighted by Gasteiger charge is -2.03. The first-order chi connectivity index (χ1) is 8.33. The first-order valence-electron chi connectivity index (χ1n) is 5.41. The lowest BCUT2D eigenvalue weighted by molar-refractivity contribution is 1.29. The smallest absolute Gasteiger partial charge is 0.161 e. The molecule has 2 heterocycles. The highest BCUT2D eigenvalue weighted by Crippen LogP contribution is 2.21. The zero-order valence-electron chi connectivity index (χ0n) is 9.17. The summed E-state index contributed by atoms with van der Waals surface area (Å²) in [7, 11) is 0. The summed E-state index contributed by atoms with van der Waals surface area (Å²) >= 11 is 0. The summed E-state index contributed by atoms with van der Waals surface area (Å²) in [5.74, 6) is 0.498. The fourth-order valence-corrected chi connectivity index (χ4v) is 1.81. The van der Waals surface area contributed by atoms with Gasteiger partial charge in [0.1, 0.15) is 5.82 Å². The van der Waals surface area contributed by atoms with Crippen molar-refractivity contribution in [3.63, 3.8) is 0 Å². The second kappa shape index (κ2) is 3.87.